The molecule has 2 aliphatic heterocycles. The standard InChI is InChI=1S/C14H20N6/c15-13-5-6-18-14(16,19-13)11-1-3-12(4-2-11)20-9-7-17-8-10-20/h1-6,17-18H,7-10,16H2,(H2,15,19). The van der Waals surface area contributed by atoms with E-state index in [-0.39, 0.29) is 0 Å². The first kappa shape index (κ1) is 13.0. The molecule has 1 aromatic carbocycles. The molecule has 6 heteroatoms. The van der Waals surface area contributed by atoms with Crippen LogP contribution in [0.3, 0.4) is 0 Å². The number of benzene rings is 1. The van der Waals surface area contributed by atoms with Crippen LogP contribution in [0.4, 0.5) is 5.69 Å². The van der Waals surface area contributed by atoms with Crippen LogP contribution in [-0.4, -0.2) is 32.0 Å². The molecule has 0 radical (unpaired) electrons. The smallest absolute Gasteiger partial charge is 0.211 e. The van der Waals surface area contributed by atoms with E-state index in [1.807, 2.05) is 12.1 Å². The van der Waals surface area contributed by atoms with Crippen LogP contribution in [0.2, 0.25) is 0 Å². The minimum atomic E-state index is -0.971. The molecule has 6 nitrogen and oxygen atoms in total. The fraction of sp³-hybridized carbons (Fsp3) is 0.357. The number of rotatable bonds is 2. The zero-order valence-corrected chi connectivity index (χ0v) is 11.3. The predicted octanol–water partition coefficient (Wildman–Crippen LogP) is -0.361. The lowest BCUT2D eigenvalue weighted by atomic mass is 10.1. The number of anilines is 1. The third-order valence-corrected chi connectivity index (χ3v) is 3.65. The minimum absolute atomic E-state index is 0.428. The monoisotopic (exact) mass is 272 g/mol. The first-order valence-corrected chi connectivity index (χ1v) is 6.82. The number of nitrogens with zero attached hydrogens (tertiary/aromatic N) is 2. The number of aliphatic imine (C=N–C) groups is 1. The molecule has 2 aliphatic rings. The highest BCUT2D eigenvalue weighted by Gasteiger charge is 2.27. The number of nitrogens with one attached hydrogen (secondary N) is 2. The minimum Gasteiger partial charge on any atom is -0.384 e. The molecule has 3 rings (SSSR count). The quantitative estimate of drug-likeness (QED) is 0.590. The average molecular weight is 272 g/mol. The summed E-state index contributed by atoms with van der Waals surface area (Å²) in [5.41, 5.74) is 14.1. The lowest BCUT2D eigenvalue weighted by Crippen LogP contribution is -2.49. The summed E-state index contributed by atoms with van der Waals surface area (Å²) < 4.78 is 0. The number of hydrogen-bond acceptors (Lipinski definition) is 6. The zero-order chi connectivity index (χ0) is 14.0. The van der Waals surface area contributed by atoms with Crippen LogP contribution in [0.1, 0.15) is 5.56 Å². The van der Waals surface area contributed by atoms with Crippen molar-refractivity contribution in [2.45, 2.75) is 5.79 Å². The van der Waals surface area contributed by atoms with E-state index >= 15 is 0 Å². The second-order valence-corrected chi connectivity index (χ2v) is 5.06. The van der Waals surface area contributed by atoms with Gasteiger partial charge in [0.2, 0.25) is 5.79 Å². The third kappa shape index (κ3) is 2.48. The lowest BCUT2D eigenvalue weighted by Gasteiger charge is -2.31. The largest absolute Gasteiger partial charge is 0.384 e. The van der Waals surface area contributed by atoms with Crippen LogP contribution in [0, 0.1) is 0 Å². The van der Waals surface area contributed by atoms with Crippen LogP contribution in [0.15, 0.2) is 41.5 Å². The Hall–Kier alpha value is -2.05. The van der Waals surface area contributed by atoms with E-state index in [0.717, 1.165) is 31.7 Å². The maximum absolute atomic E-state index is 6.25. The molecule has 0 aromatic heterocycles. The summed E-state index contributed by atoms with van der Waals surface area (Å²) in [6, 6.07) is 8.17. The Balaban J connectivity index is 1.80. The van der Waals surface area contributed by atoms with E-state index in [2.05, 4.69) is 32.7 Å². The summed E-state index contributed by atoms with van der Waals surface area (Å²) in [7, 11) is 0. The molecule has 1 fully saturated rings. The van der Waals surface area contributed by atoms with Crippen molar-refractivity contribution in [3.8, 4) is 0 Å². The van der Waals surface area contributed by atoms with Gasteiger partial charge in [-0.05, 0) is 18.2 Å². The third-order valence-electron chi connectivity index (χ3n) is 3.65. The van der Waals surface area contributed by atoms with Gasteiger partial charge in [0, 0.05) is 43.6 Å². The highest BCUT2D eigenvalue weighted by atomic mass is 15.3. The molecular formula is C14H20N6. The predicted molar refractivity (Wildman–Crippen MR) is 81.3 cm³/mol. The molecule has 0 spiro atoms. The van der Waals surface area contributed by atoms with Crippen molar-refractivity contribution >= 4 is 11.5 Å². The second kappa shape index (κ2) is 5.15. The van der Waals surface area contributed by atoms with Crippen LogP contribution in [-0.2, 0) is 5.79 Å². The van der Waals surface area contributed by atoms with Crippen LogP contribution in [0.5, 0.6) is 0 Å². The molecule has 0 amide bonds. The molecule has 1 unspecified atom stereocenters. The normalized spacial score (nSPS) is 26.1. The van der Waals surface area contributed by atoms with Crippen LogP contribution >= 0.6 is 0 Å². The van der Waals surface area contributed by atoms with Crippen molar-refractivity contribution in [3.63, 3.8) is 0 Å². The molecule has 1 saturated heterocycles. The summed E-state index contributed by atoms with van der Waals surface area (Å²) in [6.07, 6.45) is 3.42. The number of hydrogen-bond donors (Lipinski definition) is 4. The van der Waals surface area contributed by atoms with Gasteiger partial charge >= 0.3 is 0 Å². The van der Waals surface area contributed by atoms with Gasteiger partial charge in [-0.2, -0.15) is 0 Å². The number of amidine groups is 1. The van der Waals surface area contributed by atoms with Gasteiger partial charge in [-0.3, -0.25) is 5.73 Å². The average Bonchev–Trinajstić information content (AvgIpc) is 2.48. The summed E-state index contributed by atoms with van der Waals surface area (Å²) in [5.74, 6) is -0.543. The molecule has 0 bridgehead atoms. The maximum atomic E-state index is 6.25. The van der Waals surface area contributed by atoms with Gasteiger partial charge < -0.3 is 21.3 Å². The van der Waals surface area contributed by atoms with E-state index in [1.54, 1.807) is 12.3 Å². The van der Waals surface area contributed by atoms with Crippen molar-refractivity contribution in [2.24, 2.45) is 16.5 Å². The van der Waals surface area contributed by atoms with Gasteiger partial charge in [-0.15, -0.1) is 0 Å². The maximum Gasteiger partial charge on any atom is 0.211 e. The van der Waals surface area contributed by atoms with Gasteiger partial charge in [0.25, 0.3) is 0 Å². The van der Waals surface area contributed by atoms with E-state index in [1.165, 1.54) is 5.69 Å². The Morgan fingerprint density at radius 2 is 1.85 bits per heavy atom. The molecule has 1 atom stereocenters. The van der Waals surface area contributed by atoms with E-state index in [4.69, 9.17) is 11.5 Å². The molecule has 2 heterocycles. The van der Waals surface area contributed by atoms with Gasteiger partial charge in [0.15, 0.2) is 0 Å². The molecule has 20 heavy (non-hydrogen) atoms. The van der Waals surface area contributed by atoms with Crippen molar-refractivity contribution in [3.05, 3.63) is 42.1 Å². The summed E-state index contributed by atoms with van der Waals surface area (Å²) in [5, 5.41) is 6.39. The lowest BCUT2D eigenvalue weighted by molar-refractivity contribution is 0.410. The molecular weight excluding hydrogens is 252 g/mol. The first-order valence-electron chi connectivity index (χ1n) is 6.82. The fourth-order valence-corrected chi connectivity index (χ4v) is 2.52. The summed E-state index contributed by atoms with van der Waals surface area (Å²) in [4.78, 5) is 6.63. The van der Waals surface area contributed by atoms with E-state index in [0.29, 0.717) is 5.84 Å². The van der Waals surface area contributed by atoms with Gasteiger partial charge in [-0.25, -0.2) is 4.99 Å². The van der Waals surface area contributed by atoms with Crippen LogP contribution < -0.4 is 27.0 Å². The highest BCUT2D eigenvalue weighted by molar-refractivity contribution is 5.92. The fourth-order valence-electron chi connectivity index (χ4n) is 2.52. The summed E-state index contributed by atoms with van der Waals surface area (Å²) in [6.45, 7) is 4.10. The Kier molecular flexibility index (Phi) is 3.33. The van der Waals surface area contributed by atoms with Gasteiger partial charge in [0.1, 0.15) is 5.84 Å². The second-order valence-electron chi connectivity index (χ2n) is 5.06. The topological polar surface area (TPSA) is 91.7 Å². The number of piperazine rings is 1. The summed E-state index contributed by atoms with van der Waals surface area (Å²) >= 11 is 0. The SMILES string of the molecule is NC1=NC(N)(c2ccc(N3CCNCC3)cc2)NC=C1. The Bertz CT molecular complexity index is 529. The Morgan fingerprint density at radius 1 is 1.15 bits per heavy atom. The highest BCUT2D eigenvalue weighted by Crippen LogP contribution is 2.23. The van der Waals surface area contributed by atoms with E-state index < -0.39 is 5.79 Å². The number of nitrogens with two attached hydrogens (primary N) is 2. The van der Waals surface area contributed by atoms with Crippen LogP contribution in [0.25, 0.3) is 0 Å². The van der Waals surface area contributed by atoms with Crippen molar-refractivity contribution in [1.82, 2.24) is 10.6 Å². The van der Waals surface area contributed by atoms with Crippen molar-refractivity contribution in [1.29, 1.82) is 0 Å². The molecule has 0 aliphatic carbocycles. The Morgan fingerprint density at radius 3 is 2.50 bits per heavy atom. The molecule has 106 valence electrons. The molecule has 0 saturated carbocycles. The molecule has 6 N–H and O–H groups in total. The van der Waals surface area contributed by atoms with Crippen molar-refractivity contribution < 1.29 is 0 Å². The van der Waals surface area contributed by atoms with Crippen molar-refractivity contribution in [2.75, 3.05) is 31.1 Å². The zero-order valence-electron chi connectivity index (χ0n) is 11.3. The van der Waals surface area contributed by atoms with Gasteiger partial charge in [0.05, 0.1) is 0 Å². The first-order chi connectivity index (χ1) is 9.67. The Labute approximate surface area is 118 Å². The molecule has 1 aromatic rings. The van der Waals surface area contributed by atoms with Gasteiger partial charge in [-0.1, -0.05) is 12.1 Å². The van der Waals surface area contributed by atoms with E-state index in [9.17, 15) is 0 Å².